The zero-order valence-electron chi connectivity index (χ0n) is 17.2. The molecule has 0 spiro atoms. The third kappa shape index (κ3) is 3.36. The Hall–Kier alpha value is -2.49. The molecule has 2 N–H and O–H groups in total. The van der Waals surface area contributed by atoms with Crippen LogP contribution in [0.1, 0.15) is 33.1 Å². The first-order chi connectivity index (χ1) is 14.4. The van der Waals surface area contributed by atoms with Crippen molar-refractivity contribution in [2.24, 2.45) is 0 Å². The number of imidazole rings is 1. The molecular weight excluding hydrogens is 402 g/mol. The topological polar surface area (TPSA) is 94.3 Å². The number of nitrogens with zero attached hydrogens (tertiary/aromatic N) is 4. The summed E-state index contributed by atoms with van der Waals surface area (Å²) in [5.41, 5.74) is 1.35. The number of hydrogen-bond donors (Lipinski definition) is 2. The van der Waals surface area contributed by atoms with Gasteiger partial charge in [0.1, 0.15) is 11.9 Å². The summed E-state index contributed by atoms with van der Waals surface area (Å²) in [4.78, 5) is 4.03. The largest absolute Gasteiger partial charge is 0.507 e. The van der Waals surface area contributed by atoms with Crippen LogP contribution in [0.5, 0.6) is 10.9 Å². The van der Waals surface area contributed by atoms with Crippen LogP contribution in [-0.2, 0) is 4.74 Å². The number of nitrogens with one attached hydrogen (secondary N) is 1. The second-order valence-electron chi connectivity index (χ2n) is 8.72. The Balaban J connectivity index is 1.33. The van der Waals surface area contributed by atoms with Gasteiger partial charge in [-0.05, 0) is 32.4 Å². The lowest BCUT2D eigenvalue weighted by molar-refractivity contribution is 0.0224. The Kier molecular flexibility index (Phi) is 4.57. The molecule has 0 unspecified atom stereocenters. The van der Waals surface area contributed by atoms with E-state index in [0.717, 1.165) is 24.9 Å². The van der Waals surface area contributed by atoms with E-state index in [1.54, 1.807) is 25.7 Å². The molecular formula is C21H25N5O3S. The number of aromatic hydroxyl groups is 1. The quantitative estimate of drug-likeness (QED) is 0.646. The number of phenolic OH excluding ortho intramolecular Hbond substituents is 1. The van der Waals surface area contributed by atoms with E-state index in [2.05, 4.69) is 34.3 Å². The SMILES string of the molecule is CO[C@@H]1C[C@@]2(C)C[C@H](Oc3nnc(-c4ccc(-n5ccnc5)cc4O)s3)C[C@]1(C)N2. The van der Waals surface area contributed by atoms with Gasteiger partial charge in [-0.3, -0.25) is 0 Å². The van der Waals surface area contributed by atoms with E-state index in [-0.39, 0.29) is 29.0 Å². The molecule has 2 fully saturated rings. The van der Waals surface area contributed by atoms with Crippen molar-refractivity contribution in [1.82, 2.24) is 25.1 Å². The summed E-state index contributed by atoms with van der Waals surface area (Å²) in [5.74, 6) is 0.145. The minimum atomic E-state index is -0.110. The predicted molar refractivity (Wildman–Crippen MR) is 113 cm³/mol. The molecule has 2 aliphatic rings. The van der Waals surface area contributed by atoms with Gasteiger partial charge in [0.15, 0.2) is 5.01 Å². The van der Waals surface area contributed by atoms with Gasteiger partial charge in [-0.1, -0.05) is 16.4 Å². The first-order valence-electron chi connectivity index (χ1n) is 10.0. The van der Waals surface area contributed by atoms with Crippen LogP contribution >= 0.6 is 11.3 Å². The van der Waals surface area contributed by atoms with Gasteiger partial charge in [0.2, 0.25) is 0 Å². The maximum atomic E-state index is 10.5. The van der Waals surface area contributed by atoms with Gasteiger partial charge in [-0.25, -0.2) is 4.98 Å². The average molecular weight is 428 g/mol. The summed E-state index contributed by atoms with van der Waals surface area (Å²) in [5, 5.41) is 23.9. The van der Waals surface area contributed by atoms with Crippen LogP contribution < -0.4 is 10.1 Å². The van der Waals surface area contributed by atoms with E-state index in [0.29, 0.717) is 15.8 Å². The van der Waals surface area contributed by atoms with Crippen LogP contribution in [0, 0.1) is 0 Å². The first kappa shape index (κ1) is 19.5. The Bertz CT molecular complexity index is 1050. The van der Waals surface area contributed by atoms with E-state index in [4.69, 9.17) is 9.47 Å². The summed E-state index contributed by atoms with van der Waals surface area (Å²) in [6, 6.07) is 5.44. The normalized spacial score (nSPS) is 30.5. The van der Waals surface area contributed by atoms with Crippen molar-refractivity contribution in [3.8, 4) is 27.2 Å². The highest BCUT2D eigenvalue weighted by molar-refractivity contribution is 7.16. The Morgan fingerprint density at radius 3 is 2.83 bits per heavy atom. The molecule has 2 aromatic heterocycles. The molecule has 2 saturated heterocycles. The highest BCUT2D eigenvalue weighted by Gasteiger charge is 2.55. The number of ether oxygens (including phenoxy) is 2. The van der Waals surface area contributed by atoms with Gasteiger partial charge in [-0.2, -0.15) is 0 Å². The van der Waals surface area contributed by atoms with Gasteiger partial charge < -0.3 is 24.5 Å². The average Bonchev–Trinajstić information content (AvgIpc) is 3.40. The maximum Gasteiger partial charge on any atom is 0.294 e. The molecule has 0 aliphatic carbocycles. The molecule has 8 nitrogen and oxygen atoms in total. The standard InChI is InChI=1S/C21H25N5O3S/c1-20-9-14(10-21(2,25-20)17(11-20)28-3)29-19-24-23-18(30-19)15-5-4-13(8-16(15)27)26-7-6-22-12-26/h4-8,12,14,17,25,27H,9-11H2,1-3H3/t14-,17+,20+,21-/m0/s1. The molecule has 0 saturated carbocycles. The smallest absolute Gasteiger partial charge is 0.294 e. The molecule has 3 aromatic rings. The summed E-state index contributed by atoms with van der Waals surface area (Å²) >= 11 is 1.35. The number of methoxy groups -OCH3 is 1. The Morgan fingerprint density at radius 1 is 1.23 bits per heavy atom. The highest BCUT2D eigenvalue weighted by Crippen LogP contribution is 2.45. The van der Waals surface area contributed by atoms with Crippen LogP contribution in [0.15, 0.2) is 36.9 Å². The van der Waals surface area contributed by atoms with E-state index in [1.807, 2.05) is 22.9 Å². The lowest BCUT2D eigenvalue weighted by Gasteiger charge is -2.41. The van der Waals surface area contributed by atoms with Crippen molar-refractivity contribution in [3.63, 3.8) is 0 Å². The molecule has 4 heterocycles. The molecule has 2 aliphatic heterocycles. The lowest BCUT2D eigenvalue weighted by atomic mass is 9.86. The van der Waals surface area contributed by atoms with Crippen molar-refractivity contribution in [2.75, 3.05) is 7.11 Å². The maximum absolute atomic E-state index is 10.5. The molecule has 0 radical (unpaired) electrons. The predicted octanol–water partition coefficient (Wildman–Crippen LogP) is 3.16. The van der Waals surface area contributed by atoms with E-state index in [1.165, 1.54) is 11.3 Å². The lowest BCUT2D eigenvalue weighted by Crippen LogP contribution is -2.58. The van der Waals surface area contributed by atoms with Crippen LogP contribution in [0.3, 0.4) is 0 Å². The summed E-state index contributed by atoms with van der Waals surface area (Å²) in [6.45, 7) is 4.43. The first-order valence-corrected chi connectivity index (χ1v) is 10.8. The molecule has 4 atom stereocenters. The minimum absolute atomic E-state index is 0.00666. The molecule has 5 rings (SSSR count). The van der Waals surface area contributed by atoms with E-state index < -0.39 is 0 Å². The number of piperidine rings is 1. The highest BCUT2D eigenvalue weighted by atomic mass is 32.1. The summed E-state index contributed by atoms with van der Waals surface area (Å²) in [7, 11) is 1.78. The Morgan fingerprint density at radius 2 is 2.10 bits per heavy atom. The molecule has 1 aromatic carbocycles. The van der Waals surface area contributed by atoms with Gasteiger partial charge in [0.25, 0.3) is 5.19 Å². The third-order valence-electron chi connectivity index (χ3n) is 6.24. The van der Waals surface area contributed by atoms with E-state index in [9.17, 15) is 5.11 Å². The fraction of sp³-hybridized carbons (Fsp3) is 0.476. The van der Waals surface area contributed by atoms with Crippen LogP contribution in [0.25, 0.3) is 16.3 Å². The van der Waals surface area contributed by atoms with Gasteiger partial charge in [0, 0.05) is 49.5 Å². The monoisotopic (exact) mass is 427 g/mol. The van der Waals surface area contributed by atoms with Crippen molar-refractivity contribution in [2.45, 2.75) is 56.4 Å². The van der Waals surface area contributed by atoms with Crippen molar-refractivity contribution < 1.29 is 14.6 Å². The Labute approximate surface area is 178 Å². The molecule has 9 heteroatoms. The fourth-order valence-corrected chi connectivity index (χ4v) is 5.82. The second kappa shape index (κ2) is 7.04. The van der Waals surface area contributed by atoms with E-state index >= 15 is 0 Å². The number of hydrogen-bond acceptors (Lipinski definition) is 8. The van der Waals surface area contributed by atoms with Crippen LogP contribution in [0.2, 0.25) is 0 Å². The number of rotatable bonds is 5. The minimum Gasteiger partial charge on any atom is -0.507 e. The zero-order chi connectivity index (χ0) is 20.9. The summed E-state index contributed by atoms with van der Waals surface area (Å²) in [6.07, 6.45) is 8.13. The number of benzene rings is 1. The molecule has 30 heavy (non-hydrogen) atoms. The van der Waals surface area contributed by atoms with Gasteiger partial charge in [-0.15, -0.1) is 5.10 Å². The van der Waals surface area contributed by atoms with Crippen molar-refractivity contribution >= 4 is 11.3 Å². The summed E-state index contributed by atoms with van der Waals surface area (Å²) < 4.78 is 13.8. The number of fused-ring (bicyclic) bond motifs is 2. The van der Waals surface area contributed by atoms with Crippen molar-refractivity contribution in [3.05, 3.63) is 36.9 Å². The zero-order valence-corrected chi connectivity index (χ0v) is 18.0. The second-order valence-corrected chi connectivity index (χ2v) is 9.66. The number of aromatic nitrogens is 4. The van der Waals surface area contributed by atoms with Crippen LogP contribution in [-0.4, -0.2) is 55.3 Å². The van der Waals surface area contributed by atoms with Gasteiger partial charge in [0.05, 0.1) is 23.7 Å². The molecule has 158 valence electrons. The third-order valence-corrected chi connectivity index (χ3v) is 7.08. The molecule has 2 bridgehead atoms. The number of phenols is 1. The van der Waals surface area contributed by atoms with Crippen molar-refractivity contribution in [1.29, 1.82) is 0 Å². The fourth-order valence-electron chi connectivity index (χ4n) is 5.03. The van der Waals surface area contributed by atoms with Crippen LogP contribution in [0.4, 0.5) is 0 Å². The molecule has 0 amide bonds. The van der Waals surface area contributed by atoms with Gasteiger partial charge >= 0.3 is 0 Å².